The molecule has 0 aliphatic carbocycles. The number of nitrogens with zero attached hydrogens (tertiary/aromatic N) is 1. The highest BCUT2D eigenvalue weighted by molar-refractivity contribution is 4.62. The van der Waals surface area contributed by atoms with E-state index >= 15 is 0 Å². The summed E-state index contributed by atoms with van der Waals surface area (Å²) in [6, 6.07) is 1.38. The van der Waals surface area contributed by atoms with Gasteiger partial charge in [-0.15, -0.1) is 0 Å². The van der Waals surface area contributed by atoms with E-state index in [1.54, 1.807) is 0 Å². The van der Waals surface area contributed by atoms with Crippen LogP contribution in [0.1, 0.15) is 72.6 Å². The number of rotatable bonds is 12. The lowest BCUT2D eigenvalue weighted by molar-refractivity contribution is 0.267. The third kappa shape index (κ3) is 11.0. The monoisotopic (exact) mass is 256 g/mol. The number of unbranched alkanes of at least 4 members (excludes halogenated alkanes) is 4. The fourth-order valence-electron chi connectivity index (χ4n) is 2.07. The molecule has 1 N–H and O–H groups in total. The molecule has 0 radical (unpaired) electrons. The Labute approximate surface area is 116 Å². The molecule has 2 heteroatoms. The lowest BCUT2D eigenvalue weighted by Crippen LogP contribution is -2.29. The fraction of sp³-hybridized carbons (Fsp3) is 1.00. The van der Waals surface area contributed by atoms with E-state index in [-0.39, 0.29) is 0 Å². The van der Waals surface area contributed by atoms with Gasteiger partial charge >= 0.3 is 0 Å². The van der Waals surface area contributed by atoms with E-state index in [0.29, 0.717) is 12.1 Å². The molecule has 0 aromatic rings. The maximum atomic E-state index is 3.64. The molecule has 0 rings (SSSR count). The first-order chi connectivity index (χ1) is 8.57. The van der Waals surface area contributed by atoms with Crippen LogP contribution in [0.25, 0.3) is 0 Å². The van der Waals surface area contributed by atoms with Gasteiger partial charge in [0.15, 0.2) is 0 Å². The van der Waals surface area contributed by atoms with E-state index in [9.17, 15) is 0 Å². The molecule has 0 fully saturated rings. The molecular weight excluding hydrogens is 220 g/mol. The van der Waals surface area contributed by atoms with Crippen molar-refractivity contribution in [3.05, 3.63) is 0 Å². The van der Waals surface area contributed by atoms with Crippen LogP contribution in [0.2, 0.25) is 0 Å². The van der Waals surface area contributed by atoms with Crippen LogP contribution in [0.4, 0.5) is 0 Å². The average molecular weight is 256 g/mol. The van der Waals surface area contributed by atoms with Gasteiger partial charge in [-0.1, -0.05) is 32.6 Å². The number of hydrogen-bond donors (Lipinski definition) is 1. The van der Waals surface area contributed by atoms with Crippen molar-refractivity contribution in [3.63, 3.8) is 0 Å². The van der Waals surface area contributed by atoms with Crippen molar-refractivity contribution >= 4 is 0 Å². The smallest absolute Gasteiger partial charge is 0.00387 e. The normalized spacial score (nSPS) is 13.5. The van der Waals surface area contributed by atoms with E-state index in [2.05, 4.69) is 45.0 Å². The van der Waals surface area contributed by atoms with Gasteiger partial charge in [-0.05, 0) is 60.2 Å². The third-order valence-corrected chi connectivity index (χ3v) is 3.80. The van der Waals surface area contributed by atoms with Crippen LogP contribution in [-0.4, -0.2) is 37.1 Å². The summed E-state index contributed by atoms with van der Waals surface area (Å²) in [5.74, 6) is 0. The van der Waals surface area contributed by atoms with E-state index in [4.69, 9.17) is 0 Å². The van der Waals surface area contributed by atoms with Crippen LogP contribution < -0.4 is 5.32 Å². The summed E-state index contributed by atoms with van der Waals surface area (Å²) >= 11 is 0. The molecule has 1 unspecified atom stereocenters. The van der Waals surface area contributed by atoms with Gasteiger partial charge in [0.05, 0.1) is 0 Å². The molecule has 0 saturated heterocycles. The van der Waals surface area contributed by atoms with E-state index in [1.165, 1.54) is 58.0 Å². The summed E-state index contributed by atoms with van der Waals surface area (Å²) in [6.07, 6.45) is 9.48. The highest BCUT2D eigenvalue weighted by Gasteiger charge is 2.03. The first kappa shape index (κ1) is 17.9. The fourth-order valence-corrected chi connectivity index (χ4v) is 2.07. The molecule has 0 spiro atoms. The van der Waals surface area contributed by atoms with Gasteiger partial charge in [0.25, 0.3) is 0 Å². The van der Waals surface area contributed by atoms with E-state index in [1.807, 2.05) is 0 Å². The second-order valence-corrected chi connectivity index (χ2v) is 5.99. The predicted octanol–water partition coefficient (Wildman–Crippen LogP) is 4.06. The Morgan fingerprint density at radius 3 is 2.28 bits per heavy atom. The molecule has 0 aliphatic heterocycles. The highest BCUT2D eigenvalue weighted by Crippen LogP contribution is 2.05. The minimum atomic E-state index is 0.676. The Balaban J connectivity index is 3.27. The third-order valence-electron chi connectivity index (χ3n) is 3.80. The Morgan fingerprint density at radius 2 is 1.67 bits per heavy atom. The Hall–Kier alpha value is -0.0800. The zero-order valence-corrected chi connectivity index (χ0v) is 13.5. The number of nitrogens with one attached hydrogen (secondary N) is 1. The second-order valence-electron chi connectivity index (χ2n) is 5.99. The van der Waals surface area contributed by atoms with Gasteiger partial charge in [-0.2, -0.15) is 0 Å². The van der Waals surface area contributed by atoms with Gasteiger partial charge < -0.3 is 10.2 Å². The zero-order chi connectivity index (χ0) is 13.8. The molecule has 2 nitrogen and oxygen atoms in total. The summed E-state index contributed by atoms with van der Waals surface area (Å²) in [6.45, 7) is 11.5. The first-order valence-corrected chi connectivity index (χ1v) is 8.01. The van der Waals surface area contributed by atoms with Gasteiger partial charge in [0.1, 0.15) is 0 Å². The molecule has 0 aliphatic rings. The van der Waals surface area contributed by atoms with Crippen LogP contribution in [0, 0.1) is 0 Å². The van der Waals surface area contributed by atoms with Crippen molar-refractivity contribution in [2.45, 2.75) is 84.7 Å². The molecule has 110 valence electrons. The maximum Gasteiger partial charge on any atom is 0.00387 e. The van der Waals surface area contributed by atoms with E-state index in [0.717, 1.165) is 0 Å². The summed E-state index contributed by atoms with van der Waals surface area (Å²) in [7, 11) is 2.22. The Morgan fingerprint density at radius 1 is 0.944 bits per heavy atom. The average Bonchev–Trinajstić information content (AvgIpc) is 2.33. The van der Waals surface area contributed by atoms with Gasteiger partial charge in [-0.3, -0.25) is 0 Å². The summed E-state index contributed by atoms with van der Waals surface area (Å²) in [4.78, 5) is 2.42. The SMILES string of the molecule is CCCCCCC(C)NCCCCN(C)C(C)C. The van der Waals surface area contributed by atoms with Crippen molar-refractivity contribution in [1.82, 2.24) is 10.2 Å². The van der Waals surface area contributed by atoms with Gasteiger partial charge in [0.2, 0.25) is 0 Å². The zero-order valence-electron chi connectivity index (χ0n) is 13.5. The molecule has 0 heterocycles. The lowest BCUT2D eigenvalue weighted by atomic mass is 10.1. The molecule has 1 atom stereocenters. The maximum absolute atomic E-state index is 3.64. The molecular formula is C16H36N2. The predicted molar refractivity (Wildman–Crippen MR) is 83.2 cm³/mol. The van der Waals surface area contributed by atoms with Crippen molar-refractivity contribution in [2.75, 3.05) is 20.1 Å². The number of hydrogen-bond acceptors (Lipinski definition) is 2. The van der Waals surface area contributed by atoms with E-state index < -0.39 is 0 Å². The van der Waals surface area contributed by atoms with Crippen LogP contribution in [0.5, 0.6) is 0 Å². The lowest BCUT2D eigenvalue weighted by Gasteiger charge is -2.21. The molecule has 0 aromatic carbocycles. The minimum absolute atomic E-state index is 0.676. The van der Waals surface area contributed by atoms with Crippen molar-refractivity contribution in [3.8, 4) is 0 Å². The van der Waals surface area contributed by atoms with Crippen LogP contribution in [0.15, 0.2) is 0 Å². The molecule has 0 amide bonds. The Bertz CT molecular complexity index is 168. The standard InChI is InChI=1S/C16H36N2/c1-6-7-8-9-12-16(4)17-13-10-11-14-18(5)15(2)3/h15-17H,6-14H2,1-5H3. The second kappa shape index (κ2) is 12.0. The minimum Gasteiger partial charge on any atom is -0.314 e. The molecule has 0 saturated carbocycles. The van der Waals surface area contributed by atoms with Crippen LogP contribution >= 0.6 is 0 Å². The molecule has 0 aromatic heterocycles. The van der Waals surface area contributed by atoms with Crippen molar-refractivity contribution < 1.29 is 0 Å². The van der Waals surface area contributed by atoms with Gasteiger partial charge in [0, 0.05) is 12.1 Å². The topological polar surface area (TPSA) is 15.3 Å². The summed E-state index contributed by atoms with van der Waals surface area (Å²) in [5, 5.41) is 3.64. The summed E-state index contributed by atoms with van der Waals surface area (Å²) in [5.41, 5.74) is 0. The van der Waals surface area contributed by atoms with Crippen molar-refractivity contribution in [2.24, 2.45) is 0 Å². The first-order valence-electron chi connectivity index (χ1n) is 8.01. The molecule has 0 bridgehead atoms. The Kier molecular flexibility index (Phi) is 11.9. The highest BCUT2D eigenvalue weighted by atomic mass is 15.1. The summed E-state index contributed by atoms with van der Waals surface area (Å²) < 4.78 is 0. The molecule has 18 heavy (non-hydrogen) atoms. The van der Waals surface area contributed by atoms with Crippen molar-refractivity contribution in [1.29, 1.82) is 0 Å². The largest absolute Gasteiger partial charge is 0.314 e. The van der Waals surface area contributed by atoms with Crippen LogP contribution in [0.3, 0.4) is 0 Å². The van der Waals surface area contributed by atoms with Crippen LogP contribution in [-0.2, 0) is 0 Å². The van der Waals surface area contributed by atoms with Gasteiger partial charge in [-0.25, -0.2) is 0 Å². The quantitative estimate of drug-likeness (QED) is 0.530.